The highest BCUT2D eigenvalue weighted by molar-refractivity contribution is 6.04. The Kier molecular flexibility index (Phi) is 14.0. The van der Waals surface area contributed by atoms with Crippen molar-refractivity contribution in [1.29, 1.82) is 0 Å². The van der Waals surface area contributed by atoms with Gasteiger partial charge < -0.3 is 0 Å². The third-order valence-corrected chi connectivity index (χ3v) is 11.6. The lowest BCUT2D eigenvalue weighted by atomic mass is 9.81. The van der Waals surface area contributed by atoms with Gasteiger partial charge >= 0.3 is 0 Å². The van der Waals surface area contributed by atoms with E-state index in [-0.39, 0.29) is 0 Å². The van der Waals surface area contributed by atoms with Crippen molar-refractivity contribution in [3.05, 3.63) is 266 Å². The van der Waals surface area contributed by atoms with E-state index in [0.29, 0.717) is 0 Å². The Balaban J connectivity index is 0.000000502. The summed E-state index contributed by atoms with van der Waals surface area (Å²) < 4.78 is 0. The lowest BCUT2D eigenvalue weighted by Crippen LogP contribution is -1.96. The van der Waals surface area contributed by atoms with Crippen LogP contribution in [-0.2, 0) is 0 Å². The predicted octanol–water partition coefficient (Wildman–Crippen LogP) is 18.4. The standard InChI is InChI=1S/C54H38.C8H10.C2H6/c1-7-19-39(20-8-1)47-35-37-49(41-23-11-3-12-24-41)53(51(47)43-27-15-5-16-28-43)45-31-33-46(34-32-45)54-50(42-25-13-4-14-26-42)38-36-48(40-21-9-2-10-22-40)52(54)44-29-17-6-18-30-44;1-7-3-5-8(2)6-4-7;1-2/h1-38H;3-6H,1-2H3;1-2H3. The average Bonchev–Trinajstić information content (AvgIpc) is 3.39. The van der Waals surface area contributed by atoms with Crippen LogP contribution in [0.5, 0.6) is 0 Å². The molecule has 0 saturated carbocycles. The van der Waals surface area contributed by atoms with Crippen LogP contribution in [0.25, 0.3) is 89.0 Å². The van der Waals surface area contributed by atoms with Crippen LogP contribution in [0, 0.1) is 13.8 Å². The molecule has 10 aromatic rings. The quantitative estimate of drug-likeness (QED) is 0.143. The molecule has 0 saturated heterocycles. The van der Waals surface area contributed by atoms with E-state index in [1.54, 1.807) is 0 Å². The first-order valence-corrected chi connectivity index (χ1v) is 22.4. The summed E-state index contributed by atoms with van der Waals surface area (Å²) in [6.45, 7) is 8.19. The Bertz CT molecular complexity index is 2780. The van der Waals surface area contributed by atoms with Crippen LogP contribution in [0.1, 0.15) is 25.0 Å². The zero-order valence-corrected chi connectivity index (χ0v) is 37.2. The summed E-state index contributed by atoms with van der Waals surface area (Å²) in [5.74, 6) is 0. The lowest BCUT2D eigenvalue weighted by molar-refractivity contribution is 1.40. The Hall–Kier alpha value is -7.80. The summed E-state index contributed by atoms with van der Waals surface area (Å²) in [5, 5.41) is 0. The zero-order chi connectivity index (χ0) is 44.1. The van der Waals surface area contributed by atoms with Crippen molar-refractivity contribution in [2.75, 3.05) is 0 Å². The number of rotatable bonds is 8. The monoisotopic (exact) mass is 822 g/mol. The number of hydrogen-bond acceptors (Lipinski definition) is 0. The zero-order valence-electron chi connectivity index (χ0n) is 37.2. The fraction of sp³-hybridized carbons (Fsp3) is 0.0625. The van der Waals surface area contributed by atoms with E-state index in [9.17, 15) is 0 Å². The van der Waals surface area contributed by atoms with E-state index in [2.05, 4.69) is 269 Å². The van der Waals surface area contributed by atoms with Crippen LogP contribution in [-0.4, -0.2) is 0 Å². The molecule has 64 heavy (non-hydrogen) atoms. The molecule has 0 aliphatic heterocycles. The van der Waals surface area contributed by atoms with E-state index in [4.69, 9.17) is 0 Å². The smallest absolute Gasteiger partial charge is 0.00206 e. The van der Waals surface area contributed by atoms with Gasteiger partial charge in [-0.25, -0.2) is 0 Å². The molecule has 0 heteroatoms. The summed E-state index contributed by atoms with van der Waals surface area (Å²) in [4.78, 5) is 0. The third-order valence-electron chi connectivity index (χ3n) is 11.6. The van der Waals surface area contributed by atoms with Gasteiger partial charge in [0, 0.05) is 0 Å². The highest BCUT2D eigenvalue weighted by Crippen LogP contribution is 2.48. The molecule has 0 radical (unpaired) electrons. The van der Waals surface area contributed by atoms with Crippen molar-refractivity contribution in [3.8, 4) is 89.0 Å². The molecule has 0 N–H and O–H groups in total. The highest BCUT2D eigenvalue weighted by Gasteiger charge is 2.22. The minimum atomic E-state index is 1.18. The third kappa shape index (κ3) is 9.63. The lowest BCUT2D eigenvalue weighted by Gasteiger charge is -2.22. The normalized spacial score (nSPS) is 10.5. The minimum absolute atomic E-state index is 1.18. The summed E-state index contributed by atoms with van der Waals surface area (Å²) in [6, 6.07) is 91.8. The molecule has 10 aromatic carbocycles. The Labute approximate surface area is 380 Å². The van der Waals surface area contributed by atoms with Crippen molar-refractivity contribution in [1.82, 2.24) is 0 Å². The maximum atomic E-state index is 2.33. The summed E-state index contributed by atoms with van der Waals surface area (Å²) >= 11 is 0. The van der Waals surface area contributed by atoms with Crippen LogP contribution in [0.3, 0.4) is 0 Å². The van der Waals surface area contributed by atoms with Crippen molar-refractivity contribution in [2.24, 2.45) is 0 Å². The maximum absolute atomic E-state index is 2.33. The second-order valence-corrected chi connectivity index (χ2v) is 15.7. The van der Waals surface area contributed by atoms with Gasteiger partial charge in [0.15, 0.2) is 0 Å². The van der Waals surface area contributed by atoms with Gasteiger partial charge in [0.2, 0.25) is 0 Å². The molecule has 0 aliphatic rings. The molecule has 0 nitrogen and oxygen atoms in total. The van der Waals surface area contributed by atoms with Gasteiger partial charge in [0.1, 0.15) is 0 Å². The molecule has 10 rings (SSSR count). The number of benzene rings is 10. The SMILES string of the molecule is CC.Cc1ccc(C)cc1.c1ccc(-c2ccc(-c3ccccc3)c(-c3ccc(-c4c(-c5ccccc5)ccc(-c5ccccc5)c4-c4ccccc4)cc3)c2-c2ccccc2)cc1. The van der Waals surface area contributed by atoms with Gasteiger partial charge in [0.25, 0.3) is 0 Å². The molecule has 0 amide bonds. The van der Waals surface area contributed by atoms with Crippen molar-refractivity contribution in [3.63, 3.8) is 0 Å². The first-order valence-electron chi connectivity index (χ1n) is 22.4. The maximum Gasteiger partial charge on any atom is -0.00206 e. The Morgan fingerprint density at radius 3 is 0.547 bits per heavy atom. The van der Waals surface area contributed by atoms with Crippen molar-refractivity contribution < 1.29 is 0 Å². The van der Waals surface area contributed by atoms with Gasteiger partial charge in [-0.3, -0.25) is 0 Å². The number of hydrogen-bond donors (Lipinski definition) is 0. The molecule has 0 spiro atoms. The van der Waals surface area contributed by atoms with Crippen LogP contribution in [0.2, 0.25) is 0 Å². The summed E-state index contributed by atoms with van der Waals surface area (Å²) in [7, 11) is 0. The van der Waals surface area contributed by atoms with E-state index >= 15 is 0 Å². The van der Waals surface area contributed by atoms with Crippen LogP contribution in [0.15, 0.2) is 255 Å². The Morgan fingerprint density at radius 2 is 0.344 bits per heavy atom. The summed E-state index contributed by atoms with van der Waals surface area (Å²) in [5.41, 5.74) is 22.0. The van der Waals surface area contributed by atoms with E-state index in [1.807, 2.05) is 13.8 Å². The van der Waals surface area contributed by atoms with Gasteiger partial charge in [-0.1, -0.05) is 280 Å². The van der Waals surface area contributed by atoms with Gasteiger partial charge in [-0.05, 0) is 103 Å². The molecule has 0 heterocycles. The second-order valence-electron chi connectivity index (χ2n) is 15.7. The topological polar surface area (TPSA) is 0 Å². The highest BCUT2D eigenvalue weighted by atomic mass is 14.2. The Morgan fingerprint density at radius 1 is 0.172 bits per heavy atom. The largest absolute Gasteiger partial charge is 0.0683 e. The number of aryl methyl sites for hydroxylation is 2. The molecule has 0 atom stereocenters. The van der Waals surface area contributed by atoms with Crippen LogP contribution < -0.4 is 0 Å². The molecule has 0 bridgehead atoms. The summed E-state index contributed by atoms with van der Waals surface area (Å²) in [6.07, 6.45) is 0. The van der Waals surface area contributed by atoms with E-state index in [0.717, 1.165) is 0 Å². The van der Waals surface area contributed by atoms with E-state index in [1.165, 1.54) is 100 Å². The first kappa shape index (κ1) is 42.9. The van der Waals surface area contributed by atoms with Crippen LogP contribution >= 0.6 is 0 Å². The van der Waals surface area contributed by atoms with Crippen molar-refractivity contribution >= 4 is 0 Å². The fourth-order valence-corrected chi connectivity index (χ4v) is 8.49. The average molecular weight is 823 g/mol. The second kappa shape index (κ2) is 20.8. The van der Waals surface area contributed by atoms with Gasteiger partial charge in [-0.2, -0.15) is 0 Å². The van der Waals surface area contributed by atoms with Gasteiger partial charge in [-0.15, -0.1) is 0 Å². The molecule has 310 valence electrons. The molecule has 0 aromatic heterocycles. The fourth-order valence-electron chi connectivity index (χ4n) is 8.49. The van der Waals surface area contributed by atoms with E-state index < -0.39 is 0 Å². The predicted molar refractivity (Wildman–Crippen MR) is 277 cm³/mol. The molecule has 0 fully saturated rings. The molecule has 0 unspecified atom stereocenters. The van der Waals surface area contributed by atoms with Gasteiger partial charge in [0.05, 0.1) is 0 Å². The molecule has 0 aliphatic carbocycles. The van der Waals surface area contributed by atoms with Crippen molar-refractivity contribution in [2.45, 2.75) is 27.7 Å². The molecular formula is C64H54. The molecular weight excluding hydrogens is 769 g/mol. The minimum Gasteiger partial charge on any atom is -0.0683 e. The van der Waals surface area contributed by atoms with Crippen LogP contribution in [0.4, 0.5) is 0 Å². The first-order chi connectivity index (χ1) is 31.6.